The lowest BCUT2D eigenvalue weighted by Crippen LogP contribution is -2.04. The zero-order chi connectivity index (χ0) is 10.3. The number of aryl methyl sites for hydroxylation is 2. The molecule has 0 saturated carbocycles. The monoisotopic (exact) mass is 299 g/mol. The van der Waals surface area contributed by atoms with Crippen molar-refractivity contribution in [3.8, 4) is 0 Å². The third-order valence-electron chi connectivity index (χ3n) is 2.33. The summed E-state index contributed by atoms with van der Waals surface area (Å²) in [5.41, 5.74) is 3.11. The molecule has 0 bridgehead atoms. The SMILES string of the molecule is Cc1cc(=O)c2ccc(I)c(C)c2[nH]1. The summed E-state index contributed by atoms with van der Waals surface area (Å²) in [6.45, 7) is 3.93. The number of fused-ring (bicyclic) bond motifs is 1. The van der Waals surface area contributed by atoms with Crippen LogP contribution >= 0.6 is 22.6 Å². The van der Waals surface area contributed by atoms with E-state index in [0.717, 1.165) is 22.2 Å². The molecule has 3 heteroatoms. The molecule has 0 aliphatic carbocycles. The van der Waals surface area contributed by atoms with Crippen LogP contribution in [-0.4, -0.2) is 4.98 Å². The first-order valence-electron chi connectivity index (χ1n) is 4.38. The minimum Gasteiger partial charge on any atom is -0.358 e. The summed E-state index contributed by atoms with van der Waals surface area (Å²) in [5.74, 6) is 0. The molecule has 2 nitrogen and oxygen atoms in total. The van der Waals surface area contributed by atoms with E-state index in [1.165, 1.54) is 3.57 Å². The highest BCUT2D eigenvalue weighted by molar-refractivity contribution is 14.1. The molecule has 0 saturated heterocycles. The Morgan fingerprint density at radius 3 is 2.71 bits per heavy atom. The van der Waals surface area contributed by atoms with Crippen molar-refractivity contribution in [2.45, 2.75) is 13.8 Å². The molecule has 1 heterocycles. The van der Waals surface area contributed by atoms with Crippen molar-refractivity contribution >= 4 is 33.5 Å². The molecule has 0 unspecified atom stereocenters. The first-order valence-corrected chi connectivity index (χ1v) is 5.46. The topological polar surface area (TPSA) is 32.9 Å². The normalized spacial score (nSPS) is 10.8. The lowest BCUT2D eigenvalue weighted by Gasteiger charge is -2.05. The van der Waals surface area contributed by atoms with Crippen LogP contribution < -0.4 is 5.43 Å². The Balaban J connectivity index is 3.03. The molecule has 1 N–H and O–H groups in total. The van der Waals surface area contributed by atoms with Crippen LogP contribution in [0.5, 0.6) is 0 Å². The van der Waals surface area contributed by atoms with E-state index in [1.54, 1.807) is 6.07 Å². The average Bonchev–Trinajstić information content (AvgIpc) is 2.12. The summed E-state index contributed by atoms with van der Waals surface area (Å²) in [4.78, 5) is 14.9. The van der Waals surface area contributed by atoms with Gasteiger partial charge in [0.15, 0.2) is 5.43 Å². The fraction of sp³-hybridized carbons (Fsp3) is 0.182. The molecule has 0 radical (unpaired) electrons. The van der Waals surface area contributed by atoms with Gasteiger partial charge in [0.1, 0.15) is 0 Å². The van der Waals surface area contributed by atoms with Crippen molar-refractivity contribution < 1.29 is 0 Å². The Kier molecular flexibility index (Phi) is 2.34. The summed E-state index contributed by atoms with van der Waals surface area (Å²) in [6, 6.07) is 5.49. The highest BCUT2D eigenvalue weighted by Gasteiger charge is 2.04. The maximum Gasteiger partial charge on any atom is 0.189 e. The number of halogens is 1. The fourth-order valence-corrected chi connectivity index (χ4v) is 2.01. The fourth-order valence-electron chi connectivity index (χ4n) is 1.56. The molecular weight excluding hydrogens is 289 g/mol. The summed E-state index contributed by atoms with van der Waals surface area (Å²) in [7, 11) is 0. The number of benzene rings is 1. The predicted octanol–water partition coefficient (Wildman–Crippen LogP) is 2.75. The number of nitrogens with one attached hydrogen (secondary N) is 1. The largest absolute Gasteiger partial charge is 0.358 e. The van der Waals surface area contributed by atoms with Gasteiger partial charge in [-0.2, -0.15) is 0 Å². The minimum absolute atomic E-state index is 0.0933. The van der Waals surface area contributed by atoms with Crippen LogP contribution in [0.25, 0.3) is 10.9 Å². The molecule has 0 atom stereocenters. The van der Waals surface area contributed by atoms with Crippen LogP contribution in [0.1, 0.15) is 11.3 Å². The van der Waals surface area contributed by atoms with E-state index >= 15 is 0 Å². The summed E-state index contributed by atoms with van der Waals surface area (Å²) < 4.78 is 1.18. The molecular formula is C11H10INO. The van der Waals surface area contributed by atoms with Crippen LogP contribution in [0.4, 0.5) is 0 Å². The molecule has 72 valence electrons. The molecule has 0 fully saturated rings. The van der Waals surface area contributed by atoms with Gasteiger partial charge < -0.3 is 4.98 Å². The number of hydrogen-bond acceptors (Lipinski definition) is 1. The number of pyridine rings is 1. The van der Waals surface area contributed by atoms with Gasteiger partial charge in [-0.1, -0.05) is 0 Å². The second-order valence-corrected chi connectivity index (χ2v) is 4.57. The van der Waals surface area contributed by atoms with Gasteiger partial charge in [0.25, 0.3) is 0 Å². The van der Waals surface area contributed by atoms with Crippen molar-refractivity contribution in [3.63, 3.8) is 0 Å². The van der Waals surface area contributed by atoms with E-state index in [1.807, 2.05) is 26.0 Å². The Bertz CT molecular complexity index is 557. The first kappa shape index (κ1) is 9.71. The van der Waals surface area contributed by atoms with Crippen molar-refractivity contribution in [3.05, 3.63) is 43.2 Å². The molecule has 0 aliphatic rings. The van der Waals surface area contributed by atoms with Crippen molar-refractivity contribution in [1.82, 2.24) is 4.98 Å². The standard InChI is InChI=1S/C11H10INO/c1-6-5-10(14)8-3-4-9(12)7(2)11(8)13-6/h3-5H,1-2H3,(H,13,14). The van der Waals surface area contributed by atoms with Crippen LogP contribution in [-0.2, 0) is 0 Å². The van der Waals surface area contributed by atoms with E-state index in [0.29, 0.717) is 0 Å². The molecule has 0 spiro atoms. The minimum atomic E-state index is 0.0933. The maximum atomic E-state index is 11.6. The van der Waals surface area contributed by atoms with Crippen LogP contribution in [0.2, 0.25) is 0 Å². The summed E-state index contributed by atoms with van der Waals surface area (Å²) in [6.07, 6.45) is 0. The zero-order valence-electron chi connectivity index (χ0n) is 8.02. The lowest BCUT2D eigenvalue weighted by molar-refractivity contribution is 1.22. The second-order valence-electron chi connectivity index (χ2n) is 3.41. The van der Waals surface area contributed by atoms with Gasteiger partial charge in [-0.15, -0.1) is 0 Å². The molecule has 1 aromatic carbocycles. The van der Waals surface area contributed by atoms with Crippen LogP contribution in [0, 0.1) is 17.4 Å². The Labute approximate surface area is 95.5 Å². The number of H-pyrrole nitrogens is 1. The van der Waals surface area contributed by atoms with Gasteiger partial charge in [-0.05, 0) is 54.1 Å². The van der Waals surface area contributed by atoms with Gasteiger partial charge in [-0.3, -0.25) is 4.79 Å². The first-order chi connectivity index (χ1) is 6.59. The maximum absolute atomic E-state index is 11.6. The zero-order valence-corrected chi connectivity index (χ0v) is 10.2. The molecule has 2 aromatic rings. The number of aromatic nitrogens is 1. The molecule has 14 heavy (non-hydrogen) atoms. The predicted molar refractivity (Wildman–Crippen MR) is 66.8 cm³/mol. The second kappa shape index (κ2) is 3.38. The third kappa shape index (κ3) is 1.45. The molecule has 0 amide bonds. The molecule has 0 aliphatic heterocycles. The van der Waals surface area contributed by atoms with E-state index < -0.39 is 0 Å². The van der Waals surface area contributed by atoms with E-state index in [9.17, 15) is 4.79 Å². The van der Waals surface area contributed by atoms with Gasteiger partial charge >= 0.3 is 0 Å². The summed E-state index contributed by atoms with van der Waals surface area (Å²) in [5, 5.41) is 0.772. The number of rotatable bonds is 0. The van der Waals surface area contributed by atoms with E-state index in [4.69, 9.17) is 0 Å². The highest BCUT2D eigenvalue weighted by Crippen LogP contribution is 2.19. The van der Waals surface area contributed by atoms with Crippen LogP contribution in [0.3, 0.4) is 0 Å². The van der Waals surface area contributed by atoms with Gasteiger partial charge in [0.2, 0.25) is 0 Å². The number of hydrogen-bond donors (Lipinski definition) is 1. The van der Waals surface area contributed by atoms with Crippen molar-refractivity contribution in [1.29, 1.82) is 0 Å². The highest BCUT2D eigenvalue weighted by atomic mass is 127. The quantitative estimate of drug-likeness (QED) is 0.746. The number of aromatic amines is 1. The lowest BCUT2D eigenvalue weighted by atomic mass is 10.1. The van der Waals surface area contributed by atoms with Gasteiger partial charge in [0.05, 0.1) is 5.52 Å². The van der Waals surface area contributed by atoms with E-state index in [2.05, 4.69) is 27.6 Å². The Hall–Kier alpha value is -0.840. The van der Waals surface area contributed by atoms with Crippen molar-refractivity contribution in [2.24, 2.45) is 0 Å². The average molecular weight is 299 g/mol. The smallest absolute Gasteiger partial charge is 0.189 e. The van der Waals surface area contributed by atoms with Crippen molar-refractivity contribution in [2.75, 3.05) is 0 Å². The van der Waals surface area contributed by atoms with E-state index in [-0.39, 0.29) is 5.43 Å². The Morgan fingerprint density at radius 1 is 1.29 bits per heavy atom. The molecule has 1 aromatic heterocycles. The van der Waals surface area contributed by atoms with Crippen LogP contribution in [0.15, 0.2) is 23.0 Å². The summed E-state index contributed by atoms with van der Waals surface area (Å²) >= 11 is 2.27. The third-order valence-corrected chi connectivity index (χ3v) is 3.50. The Morgan fingerprint density at radius 2 is 2.00 bits per heavy atom. The molecule has 2 rings (SSSR count). The van der Waals surface area contributed by atoms with Gasteiger partial charge in [0, 0.05) is 20.7 Å². The van der Waals surface area contributed by atoms with Gasteiger partial charge in [-0.25, -0.2) is 0 Å².